The van der Waals surface area contributed by atoms with Crippen LogP contribution in [0.4, 0.5) is 0 Å². The zero-order valence-electron chi connectivity index (χ0n) is 11.4. The summed E-state index contributed by atoms with van der Waals surface area (Å²) in [6, 6.07) is 8.40. The molecule has 0 bridgehead atoms. The van der Waals surface area contributed by atoms with E-state index >= 15 is 0 Å². The Morgan fingerprint density at radius 3 is 2.58 bits per heavy atom. The maximum Gasteiger partial charge on any atom is 0.0897 e. The number of hydrogen-bond donors (Lipinski definition) is 2. The van der Waals surface area contributed by atoms with Gasteiger partial charge in [-0.15, -0.1) is 11.3 Å². The molecule has 0 saturated carbocycles. The summed E-state index contributed by atoms with van der Waals surface area (Å²) >= 11 is 1.69. The summed E-state index contributed by atoms with van der Waals surface area (Å²) in [4.78, 5) is 5.43. The van der Waals surface area contributed by atoms with Gasteiger partial charge in [-0.1, -0.05) is 31.2 Å². The molecule has 102 valence electrons. The van der Waals surface area contributed by atoms with Gasteiger partial charge < -0.3 is 10.4 Å². The Morgan fingerprint density at radius 2 is 2.05 bits per heavy atom. The summed E-state index contributed by atoms with van der Waals surface area (Å²) in [7, 11) is 0. The highest BCUT2D eigenvalue weighted by atomic mass is 32.1. The van der Waals surface area contributed by atoms with Crippen LogP contribution in [0.3, 0.4) is 0 Å². The molecule has 2 rings (SSSR count). The van der Waals surface area contributed by atoms with E-state index in [1.54, 1.807) is 11.3 Å². The molecule has 2 aromatic rings. The third-order valence-corrected chi connectivity index (χ3v) is 4.08. The van der Waals surface area contributed by atoms with Crippen molar-refractivity contribution in [2.75, 3.05) is 6.61 Å². The van der Waals surface area contributed by atoms with Crippen LogP contribution in [0.1, 0.15) is 34.0 Å². The lowest BCUT2D eigenvalue weighted by atomic mass is 10.0. The van der Waals surface area contributed by atoms with Gasteiger partial charge in [-0.25, -0.2) is 4.98 Å². The minimum Gasteiger partial charge on any atom is -0.394 e. The Labute approximate surface area is 118 Å². The number of thiazole rings is 1. The Kier molecular flexibility index (Phi) is 5.07. The summed E-state index contributed by atoms with van der Waals surface area (Å²) in [6.07, 6.45) is 2.93. The van der Waals surface area contributed by atoms with E-state index in [1.807, 2.05) is 13.1 Å². The maximum absolute atomic E-state index is 9.51. The third-order valence-electron chi connectivity index (χ3n) is 3.16. The van der Waals surface area contributed by atoms with E-state index in [-0.39, 0.29) is 12.6 Å². The molecule has 0 amide bonds. The molecule has 0 aliphatic rings. The predicted molar refractivity (Wildman–Crippen MR) is 79.3 cm³/mol. The molecule has 2 N–H and O–H groups in total. The van der Waals surface area contributed by atoms with Crippen molar-refractivity contribution in [3.63, 3.8) is 0 Å². The van der Waals surface area contributed by atoms with Crippen molar-refractivity contribution >= 4 is 11.3 Å². The molecule has 1 atom stereocenters. The number of aromatic nitrogens is 1. The van der Waals surface area contributed by atoms with Gasteiger partial charge in [-0.2, -0.15) is 0 Å². The standard InChI is InChI=1S/C15H20N2OS/c1-3-12-4-6-13(7-5-12)15(10-18)17-9-14-8-16-11(2)19-14/h4-8,15,17-18H,3,9-10H2,1-2H3. The fourth-order valence-electron chi connectivity index (χ4n) is 1.98. The molecule has 0 radical (unpaired) electrons. The molecule has 19 heavy (non-hydrogen) atoms. The number of aryl methyl sites for hydroxylation is 2. The van der Waals surface area contributed by atoms with Crippen LogP contribution in [-0.4, -0.2) is 16.7 Å². The third kappa shape index (κ3) is 3.86. The molecular formula is C15H20N2OS. The number of aliphatic hydroxyl groups excluding tert-OH is 1. The van der Waals surface area contributed by atoms with Crippen LogP contribution in [0.5, 0.6) is 0 Å². The van der Waals surface area contributed by atoms with Gasteiger partial charge in [-0.05, 0) is 24.5 Å². The highest BCUT2D eigenvalue weighted by Gasteiger charge is 2.10. The van der Waals surface area contributed by atoms with E-state index < -0.39 is 0 Å². The zero-order valence-corrected chi connectivity index (χ0v) is 12.2. The van der Waals surface area contributed by atoms with Crippen molar-refractivity contribution in [2.24, 2.45) is 0 Å². The lowest BCUT2D eigenvalue weighted by Gasteiger charge is -2.16. The van der Waals surface area contributed by atoms with Gasteiger partial charge in [0.15, 0.2) is 0 Å². The van der Waals surface area contributed by atoms with E-state index in [0.717, 1.165) is 23.5 Å². The number of aliphatic hydroxyl groups is 1. The zero-order chi connectivity index (χ0) is 13.7. The summed E-state index contributed by atoms with van der Waals surface area (Å²) in [5.41, 5.74) is 2.44. The second kappa shape index (κ2) is 6.80. The normalized spacial score (nSPS) is 12.6. The minimum absolute atomic E-state index is 0.0201. The van der Waals surface area contributed by atoms with E-state index in [9.17, 15) is 5.11 Å². The van der Waals surface area contributed by atoms with E-state index in [4.69, 9.17) is 0 Å². The molecule has 1 aromatic carbocycles. The quantitative estimate of drug-likeness (QED) is 0.853. The largest absolute Gasteiger partial charge is 0.394 e. The van der Waals surface area contributed by atoms with Crippen LogP contribution < -0.4 is 5.32 Å². The molecule has 0 aliphatic carbocycles. The second-order valence-electron chi connectivity index (χ2n) is 4.56. The molecule has 0 spiro atoms. The molecule has 4 heteroatoms. The highest BCUT2D eigenvalue weighted by molar-refractivity contribution is 7.11. The van der Waals surface area contributed by atoms with E-state index in [2.05, 4.69) is 41.5 Å². The number of nitrogens with zero attached hydrogens (tertiary/aromatic N) is 1. The van der Waals surface area contributed by atoms with Crippen LogP contribution >= 0.6 is 11.3 Å². The number of nitrogens with one attached hydrogen (secondary N) is 1. The Hall–Kier alpha value is -1.23. The van der Waals surface area contributed by atoms with Gasteiger partial charge >= 0.3 is 0 Å². The summed E-state index contributed by atoms with van der Waals surface area (Å²) in [5, 5.41) is 14.0. The van der Waals surface area contributed by atoms with E-state index in [0.29, 0.717) is 0 Å². The highest BCUT2D eigenvalue weighted by Crippen LogP contribution is 2.17. The van der Waals surface area contributed by atoms with Crippen LogP contribution in [0, 0.1) is 6.92 Å². The molecule has 0 aliphatic heterocycles. The lowest BCUT2D eigenvalue weighted by molar-refractivity contribution is 0.244. The number of hydrogen-bond acceptors (Lipinski definition) is 4. The summed E-state index contributed by atoms with van der Waals surface area (Å²) in [6.45, 7) is 4.99. The van der Waals surface area contributed by atoms with Crippen molar-refractivity contribution < 1.29 is 5.11 Å². The fraction of sp³-hybridized carbons (Fsp3) is 0.400. The summed E-state index contributed by atoms with van der Waals surface area (Å²) in [5.74, 6) is 0. The van der Waals surface area contributed by atoms with E-state index in [1.165, 1.54) is 10.4 Å². The Morgan fingerprint density at radius 1 is 1.32 bits per heavy atom. The molecule has 0 fully saturated rings. The first-order chi connectivity index (χ1) is 9.22. The predicted octanol–water partition coefficient (Wildman–Crippen LogP) is 2.84. The van der Waals surface area contributed by atoms with Gasteiger partial charge in [0.25, 0.3) is 0 Å². The minimum atomic E-state index is -0.0201. The lowest BCUT2D eigenvalue weighted by Crippen LogP contribution is -2.23. The first kappa shape index (κ1) is 14.2. The fourth-order valence-corrected chi connectivity index (χ4v) is 2.73. The maximum atomic E-state index is 9.51. The average Bonchev–Trinajstić information content (AvgIpc) is 2.86. The van der Waals surface area contributed by atoms with Gasteiger partial charge in [0.1, 0.15) is 0 Å². The molecule has 1 heterocycles. The van der Waals surface area contributed by atoms with Crippen LogP contribution in [0.15, 0.2) is 30.5 Å². The first-order valence-corrected chi connectivity index (χ1v) is 7.39. The van der Waals surface area contributed by atoms with Gasteiger partial charge in [0.05, 0.1) is 17.7 Å². The van der Waals surface area contributed by atoms with Gasteiger partial charge in [-0.3, -0.25) is 0 Å². The number of rotatable bonds is 6. The average molecular weight is 276 g/mol. The smallest absolute Gasteiger partial charge is 0.0897 e. The molecule has 3 nitrogen and oxygen atoms in total. The van der Waals surface area contributed by atoms with Crippen molar-refractivity contribution in [2.45, 2.75) is 32.9 Å². The Balaban J connectivity index is 1.98. The molecular weight excluding hydrogens is 256 g/mol. The van der Waals surface area contributed by atoms with Crippen molar-refractivity contribution in [3.8, 4) is 0 Å². The van der Waals surface area contributed by atoms with Crippen molar-refractivity contribution in [3.05, 3.63) is 51.5 Å². The van der Waals surface area contributed by atoms with Crippen LogP contribution in [0.25, 0.3) is 0 Å². The topological polar surface area (TPSA) is 45.1 Å². The second-order valence-corrected chi connectivity index (χ2v) is 5.88. The van der Waals surface area contributed by atoms with Gasteiger partial charge in [0.2, 0.25) is 0 Å². The van der Waals surface area contributed by atoms with Crippen molar-refractivity contribution in [1.82, 2.24) is 10.3 Å². The summed E-state index contributed by atoms with van der Waals surface area (Å²) < 4.78 is 0. The molecule has 1 aromatic heterocycles. The number of benzene rings is 1. The first-order valence-electron chi connectivity index (χ1n) is 6.57. The van der Waals surface area contributed by atoms with Crippen LogP contribution in [-0.2, 0) is 13.0 Å². The SMILES string of the molecule is CCc1ccc(C(CO)NCc2cnc(C)s2)cc1. The van der Waals surface area contributed by atoms with Crippen LogP contribution in [0.2, 0.25) is 0 Å². The Bertz CT molecular complexity index is 507. The molecule has 1 unspecified atom stereocenters. The monoisotopic (exact) mass is 276 g/mol. The van der Waals surface area contributed by atoms with Gasteiger partial charge in [0, 0.05) is 17.6 Å². The van der Waals surface area contributed by atoms with Crippen molar-refractivity contribution in [1.29, 1.82) is 0 Å². The molecule has 0 saturated heterocycles.